The number of Topliss-reactive ketones (excluding diaryl/α,β-unsaturated/α-hetero) is 1. The molecule has 0 spiro atoms. The summed E-state index contributed by atoms with van der Waals surface area (Å²) < 4.78 is 5.37. The highest BCUT2D eigenvalue weighted by molar-refractivity contribution is 5.88. The molecule has 4 heteroatoms. The van der Waals surface area contributed by atoms with Gasteiger partial charge in [0.05, 0.1) is 5.39 Å². The first-order valence-corrected chi connectivity index (χ1v) is 5.23. The lowest BCUT2D eigenvalue weighted by molar-refractivity contribution is -0.116. The minimum atomic E-state index is -0.194. The SMILES string of the molecule is CC(=O)Cc1cc(O)cc2oc(C)cc(=O)c12. The van der Waals surface area contributed by atoms with Crippen LogP contribution in [0.25, 0.3) is 11.0 Å². The molecule has 0 aliphatic heterocycles. The fourth-order valence-electron chi connectivity index (χ4n) is 1.88. The minimum absolute atomic E-state index is 0.0116. The first-order valence-electron chi connectivity index (χ1n) is 5.23. The second-order valence-corrected chi connectivity index (χ2v) is 4.08. The van der Waals surface area contributed by atoms with Gasteiger partial charge in [-0.15, -0.1) is 0 Å². The third-order valence-electron chi connectivity index (χ3n) is 2.46. The van der Waals surface area contributed by atoms with Gasteiger partial charge in [0.15, 0.2) is 5.43 Å². The first kappa shape index (κ1) is 11.4. The number of hydrogen-bond acceptors (Lipinski definition) is 4. The Morgan fingerprint density at radius 1 is 1.35 bits per heavy atom. The second-order valence-electron chi connectivity index (χ2n) is 4.08. The number of hydrogen-bond donors (Lipinski definition) is 1. The highest BCUT2D eigenvalue weighted by atomic mass is 16.3. The van der Waals surface area contributed by atoms with Crippen LogP contribution < -0.4 is 5.43 Å². The average Bonchev–Trinajstić information content (AvgIpc) is 2.13. The molecule has 0 amide bonds. The molecule has 2 aromatic rings. The van der Waals surface area contributed by atoms with Crippen molar-refractivity contribution in [3.8, 4) is 5.75 Å². The first-order chi connectivity index (χ1) is 7.97. The lowest BCUT2D eigenvalue weighted by Crippen LogP contribution is -2.06. The Hall–Kier alpha value is -2.10. The van der Waals surface area contributed by atoms with E-state index in [4.69, 9.17) is 4.42 Å². The Labute approximate surface area is 97.5 Å². The molecule has 0 atom stereocenters. The van der Waals surface area contributed by atoms with Crippen LogP contribution in [0.1, 0.15) is 18.2 Å². The van der Waals surface area contributed by atoms with Crippen LogP contribution in [0.15, 0.2) is 27.4 Å². The van der Waals surface area contributed by atoms with E-state index >= 15 is 0 Å². The summed E-state index contributed by atoms with van der Waals surface area (Å²) in [5.41, 5.74) is 0.618. The quantitative estimate of drug-likeness (QED) is 0.859. The molecule has 1 heterocycles. The summed E-state index contributed by atoms with van der Waals surface area (Å²) >= 11 is 0. The van der Waals surface area contributed by atoms with Gasteiger partial charge in [0.25, 0.3) is 0 Å². The number of benzene rings is 1. The maximum atomic E-state index is 11.9. The zero-order valence-electron chi connectivity index (χ0n) is 9.61. The monoisotopic (exact) mass is 232 g/mol. The predicted molar refractivity (Wildman–Crippen MR) is 63.3 cm³/mol. The van der Waals surface area contributed by atoms with Crippen LogP contribution in [-0.4, -0.2) is 10.9 Å². The predicted octanol–water partition coefficient (Wildman–Crippen LogP) is 1.94. The Morgan fingerprint density at radius 2 is 2.06 bits per heavy atom. The van der Waals surface area contributed by atoms with Gasteiger partial charge in [-0.1, -0.05) is 0 Å². The number of aromatic hydroxyl groups is 1. The summed E-state index contributed by atoms with van der Waals surface area (Å²) in [6, 6.07) is 4.19. The van der Waals surface area contributed by atoms with Crippen LogP contribution in [0.5, 0.6) is 5.75 Å². The third kappa shape index (κ3) is 2.20. The van der Waals surface area contributed by atoms with Gasteiger partial charge in [0, 0.05) is 18.6 Å². The van der Waals surface area contributed by atoms with Crippen LogP contribution in [0.2, 0.25) is 0 Å². The number of carbonyl (C=O) groups excluding carboxylic acids is 1. The Bertz CT molecular complexity index is 647. The molecule has 2 rings (SSSR count). The number of rotatable bonds is 2. The molecule has 0 bridgehead atoms. The van der Waals surface area contributed by atoms with Gasteiger partial charge >= 0.3 is 0 Å². The number of phenols is 1. The van der Waals surface area contributed by atoms with Gasteiger partial charge in [-0.3, -0.25) is 9.59 Å². The molecular weight excluding hydrogens is 220 g/mol. The highest BCUT2D eigenvalue weighted by Gasteiger charge is 2.11. The van der Waals surface area contributed by atoms with E-state index in [0.717, 1.165) is 0 Å². The molecular formula is C13H12O4. The summed E-state index contributed by atoms with van der Waals surface area (Å²) in [4.78, 5) is 23.0. The molecule has 0 saturated heterocycles. The van der Waals surface area contributed by atoms with Crippen molar-refractivity contribution in [2.45, 2.75) is 20.3 Å². The minimum Gasteiger partial charge on any atom is -0.508 e. The van der Waals surface area contributed by atoms with Crippen LogP contribution in [0.4, 0.5) is 0 Å². The Kier molecular flexibility index (Phi) is 2.71. The fourth-order valence-corrected chi connectivity index (χ4v) is 1.88. The summed E-state index contributed by atoms with van der Waals surface area (Å²) in [6.07, 6.45) is 0.110. The summed E-state index contributed by atoms with van der Waals surface area (Å²) in [7, 11) is 0. The third-order valence-corrected chi connectivity index (χ3v) is 2.46. The molecule has 1 aromatic carbocycles. The van der Waals surface area contributed by atoms with E-state index in [-0.39, 0.29) is 23.4 Å². The van der Waals surface area contributed by atoms with E-state index in [2.05, 4.69) is 0 Å². The Morgan fingerprint density at radius 3 is 2.71 bits per heavy atom. The van der Waals surface area contributed by atoms with E-state index < -0.39 is 0 Å². The summed E-state index contributed by atoms with van der Waals surface area (Å²) in [5, 5.41) is 9.90. The van der Waals surface area contributed by atoms with Crippen molar-refractivity contribution in [1.29, 1.82) is 0 Å². The fraction of sp³-hybridized carbons (Fsp3) is 0.231. The molecule has 0 radical (unpaired) electrons. The number of aryl methyl sites for hydroxylation is 1. The van der Waals surface area contributed by atoms with Crippen molar-refractivity contribution >= 4 is 16.8 Å². The Balaban J connectivity index is 2.82. The van der Waals surface area contributed by atoms with E-state index in [1.54, 1.807) is 6.92 Å². The molecule has 0 aliphatic carbocycles. The number of carbonyl (C=O) groups is 1. The van der Waals surface area contributed by atoms with E-state index in [9.17, 15) is 14.7 Å². The summed E-state index contributed by atoms with van der Waals surface area (Å²) in [6.45, 7) is 3.10. The van der Waals surface area contributed by atoms with E-state index in [0.29, 0.717) is 22.3 Å². The molecule has 0 fully saturated rings. The molecule has 0 unspecified atom stereocenters. The molecule has 17 heavy (non-hydrogen) atoms. The summed E-state index contributed by atoms with van der Waals surface area (Å²) in [5.74, 6) is 0.390. The van der Waals surface area contributed by atoms with Crippen molar-refractivity contribution in [2.24, 2.45) is 0 Å². The average molecular weight is 232 g/mol. The zero-order valence-corrected chi connectivity index (χ0v) is 9.61. The molecule has 0 aliphatic rings. The maximum absolute atomic E-state index is 11.9. The van der Waals surface area contributed by atoms with Crippen molar-refractivity contribution < 1.29 is 14.3 Å². The lowest BCUT2D eigenvalue weighted by Gasteiger charge is -2.05. The topological polar surface area (TPSA) is 67.5 Å². The van der Waals surface area contributed by atoms with Crippen LogP contribution in [0, 0.1) is 6.92 Å². The van der Waals surface area contributed by atoms with E-state index in [1.807, 2.05) is 0 Å². The lowest BCUT2D eigenvalue weighted by atomic mass is 10.0. The van der Waals surface area contributed by atoms with Crippen molar-refractivity contribution in [2.75, 3.05) is 0 Å². The van der Waals surface area contributed by atoms with E-state index in [1.165, 1.54) is 25.1 Å². The smallest absolute Gasteiger partial charge is 0.193 e. The molecule has 0 saturated carbocycles. The number of fused-ring (bicyclic) bond motifs is 1. The van der Waals surface area contributed by atoms with Crippen LogP contribution in [0.3, 0.4) is 0 Å². The van der Waals surface area contributed by atoms with Crippen molar-refractivity contribution in [3.05, 3.63) is 39.7 Å². The second kappa shape index (κ2) is 4.05. The highest BCUT2D eigenvalue weighted by Crippen LogP contribution is 2.23. The van der Waals surface area contributed by atoms with Crippen molar-refractivity contribution in [3.63, 3.8) is 0 Å². The zero-order chi connectivity index (χ0) is 12.6. The van der Waals surface area contributed by atoms with Gasteiger partial charge in [-0.25, -0.2) is 0 Å². The standard InChI is InChI=1S/C13H12O4/c1-7(14)3-9-5-10(15)6-12-13(9)11(16)4-8(2)17-12/h4-6,15H,3H2,1-2H3. The van der Waals surface area contributed by atoms with Crippen LogP contribution in [-0.2, 0) is 11.2 Å². The number of phenolic OH excluding ortho intramolecular Hbond substituents is 1. The van der Waals surface area contributed by atoms with Gasteiger partial charge < -0.3 is 9.52 Å². The van der Waals surface area contributed by atoms with Gasteiger partial charge in [-0.2, -0.15) is 0 Å². The van der Waals surface area contributed by atoms with Crippen molar-refractivity contribution in [1.82, 2.24) is 0 Å². The molecule has 1 aromatic heterocycles. The van der Waals surface area contributed by atoms with Gasteiger partial charge in [0.1, 0.15) is 22.9 Å². The maximum Gasteiger partial charge on any atom is 0.193 e. The number of ketones is 1. The molecule has 1 N–H and O–H groups in total. The largest absolute Gasteiger partial charge is 0.508 e. The normalized spacial score (nSPS) is 10.7. The molecule has 4 nitrogen and oxygen atoms in total. The van der Waals surface area contributed by atoms with Crippen LogP contribution >= 0.6 is 0 Å². The molecule has 88 valence electrons. The van der Waals surface area contributed by atoms with Gasteiger partial charge in [-0.05, 0) is 25.5 Å². The van der Waals surface area contributed by atoms with Gasteiger partial charge in [0.2, 0.25) is 0 Å².